The minimum absolute atomic E-state index is 0.139. The Bertz CT molecular complexity index is 462. The van der Waals surface area contributed by atoms with Crippen molar-refractivity contribution in [1.29, 1.82) is 0 Å². The summed E-state index contributed by atoms with van der Waals surface area (Å²) in [5.74, 6) is 0. The van der Waals surface area contributed by atoms with Crippen LogP contribution in [-0.4, -0.2) is 50.3 Å². The van der Waals surface area contributed by atoms with Crippen molar-refractivity contribution in [2.75, 3.05) is 26.7 Å². The second-order valence-electron chi connectivity index (χ2n) is 4.62. The van der Waals surface area contributed by atoms with Gasteiger partial charge in [0.25, 0.3) is 10.0 Å². The van der Waals surface area contributed by atoms with E-state index in [4.69, 9.17) is 0 Å². The Morgan fingerprint density at radius 2 is 2.11 bits per heavy atom. The summed E-state index contributed by atoms with van der Waals surface area (Å²) in [5, 5.41) is 1.81. The lowest BCUT2D eigenvalue weighted by Gasteiger charge is -2.35. The second kappa shape index (κ2) is 5.69. The van der Waals surface area contributed by atoms with Crippen LogP contribution in [0.2, 0.25) is 0 Å². The van der Waals surface area contributed by atoms with Gasteiger partial charge in [0.15, 0.2) is 0 Å². The third-order valence-corrected chi connectivity index (χ3v) is 6.93. The van der Waals surface area contributed by atoms with Gasteiger partial charge in [-0.05, 0) is 43.9 Å². The molecule has 1 aromatic heterocycles. The van der Waals surface area contributed by atoms with E-state index in [1.54, 1.807) is 28.9 Å². The molecule has 1 aromatic rings. The van der Waals surface area contributed by atoms with E-state index in [1.807, 2.05) is 0 Å². The lowest BCUT2D eigenvalue weighted by Crippen LogP contribution is -2.45. The Kier molecular flexibility index (Phi) is 4.42. The van der Waals surface area contributed by atoms with Gasteiger partial charge in [0, 0.05) is 13.1 Å². The van der Waals surface area contributed by atoms with E-state index < -0.39 is 10.0 Å². The standard InChI is InChI=1S/C12H20N2O2S2/c1-3-14-8-6-11(7-9-14)13(2)18(15,16)12-5-4-10-17-12/h4-5,10-11H,3,6-9H2,1-2H3. The molecule has 4 nitrogen and oxygen atoms in total. The van der Waals surface area contributed by atoms with Gasteiger partial charge in [-0.2, -0.15) is 4.31 Å². The van der Waals surface area contributed by atoms with E-state index in [-0.39, 0.29) is 6.04 Å². The Labute approximate surface area is 113 Å². The molecule has 1 aliphatic rings. The molecule has 0 N–H and O–H groups in total. The van der Waals surface area contributed by atoms with Crippen LogP contribution in [0.15, 0.2) is 21.7 Å². The molecule has 0 aliphatic carbocycles. The van der Waals surface area contributed by atoms with Gasteiger partial charge in [0.1, 0.15) is 4.21 Å². The van der Waals surface area contributed by atoms with Crippen LogP contribution in [0.5, 0.6) is 0 Å². The fraction of sp³-hybridized carbons (Fsp3) is 0.667. The first kappa shape index (κ1) is 14.0. The van der Waals surface area contributed by atoms with Gasteiger partial charge in [0.05, 0.1) is 0 Å². The Hall–Kier alpha value is -0.430. The van der Waals surface area contributed by atoms with Gasteiger partial charge < -0.3 is 4.90 Å². The van der Waals surface area contributed by atoms with Gasteiger partial charge in [-0.15, -0.1) is 11.3 Å². The summed E-state index contributed by atoms with van der Waals surface area (Å²) < 4.78 is 26.7. The van der Waals surface area contributed by atoms with E-state index >= 15 is 0 Å². The maximum absolute atomic E-state index is 12.4. The highest BCUT2D eigenvalue weighted by Crippen LogP contribution is 2.25. The van der Waals surface area contributed by atoms with E-state index in [1.165, 1.54) is 11.3 Å². The molecule has 0 radical (unpaired) electrons. The van der Waals surface area contributed by atoms with Gasteiger partial charge in [-0.3, -0.25) is 0 Å². The molecule has 0 atom stereocenters. The number of piperidine rings is 1. The van der Waals surface area contributed by atoms with Crippen molar-refractivity contribution >= 4 is 21.4 Å². The molecule has 18 heavy (non-hydrogen) atoms. The molecular formula is C12H20N2O2S2. The number of hydrogen-bond donors (Lipinski definition) is 0. The first-order valence-electron chi connectivity index (χ1n) is 6.29. The molecule has 102 valence electrons. The fourth-order valence-corrected chi connectivity index (χ4v) is 4.94. The predicted octanol–water partition coefficient (Wildman–Crippen LogP) is 1.85. The molecule has 0 unspecified atom stereocenters. The van der Waals surface area contributed by atoms with Crippen LogP contribution in [0.1, 0.15) is 19.8 Å². The molecule has 6 heteroatoms. The second-order valence-corrected chi connectivity index (χ2v) is 7.79. The monoisotopic (exact) mass is 288 g/mol. The largest absolute Gasteiger partial charge is 0.303 e. The van der Waals surface area contributed by atoms with E-state index in [9.17, 15) is 8.42 Å². The van der Waals surface area contributed by atoms with Gasteiger partial charge >= 0.3 is 0 Å². The highest BCUT2D eigenvalue weighted by atomic mass is 32.2. The Morgan fingerprint density at radius 3 is 2.61 bits per heavy atom. The maximum Gasteiger partial charge on any atom is 0.252 e. The van der Waals surface area contributed by atoms with Gasteiger partial charge in [0.2, 0.25) is 0 Å². The van der Waals surface area contributed by atoms with Crippen molar-refractivity contribution in [2.45, 2.75) is 30.0 Å². The summed E-state index contributed by atoms with van der Waals surface area (Å²) in [6.07, 6.45) is 1.85. The Balaban J connectivity index is 2.06. The third kappa shape index (κ3) is 2.77. The molecule has 2 rings (SSSR count). The van der Waals surface area contributed by atoms with Crippen molar-refractivity contribution < 1.29 is 8.42 Å². The Morgan fingerprint density at radius 1 is 1.44 bits per heavy atom. The summed E-state index contributed by atoms with van der Waals surface area (Å²) in [6, 6.07) is 3.60. The van der Waals surface area contributed by atoms with Crippen molar-refractivity contribution in [3.63, 3.8) is 0 Å². The third-order valence-electron chi connectivity index (χ3n) is 3.65. The number of sulfonamides is 1. The number of hydrogen-bond acceptors (Lipinski definition) is 4. The molecule has 1 aliphatic heterocycles. The van der Waals surface area contributed by atoms with Crippen LogP contribution >= 0.6 is 11.3 Å². The average molecular weight is 288 g/mol. The van der Waals surface area contributed by atoms with E-state index in [2.05, 4.69) is 11.8 Å². The van der Waals surface area contributed by atoms with Crippen LogP contribution in [0.25, 0.3) is 0 Å². The lowest BCUT2D eigenvalue weighted by molar-refractivity contribution is 0.176. The molecule has 0 spiro atoms. The molecule has 1 saturated heterocycles. The zero-order chi connectivity index (χ0) is 13.2. The smallest absolute Gasteiger partial charge is 0.252 e. The van der Waals surface area contributed by atoms with Crippen LogP contribution in [-0.2, 0) is 10.0 Å². The number of thiophene rings is 1. The zero-order valence-corrected chi connectivity index (χ0v) is 12.5. The number of nitrogens with zero attached hydrogens (tertiary/aromatic N) is 2. The summed E-state index contributed by atoms with van der Waals surface area (Å²) in [4.78, 5) is 2.36. The minimum atomic E-state index is -3.29. The van der Waals surface area contributed by atoms with E-state index in [0.717, 1.165) is 32.5 Å². The number of likely N-dealkylation sites (tertiary alicyclic amines) is 1. The molecule has 1 fully saturated rings. The first-order valence-corrected chi connectivity index (χ1v) is 8.61. The van der Waals surface area contributed by atoms with Crippen LogP contribution < -0.4 is 0 Å². The summed E-state index contributed by atoms with van der Waals surface area (Å²) in [7, 11) is -1.58. The molecule has 0 saturated carbocycles. The summed E-state index contributed by atoms with van der Waals surface area (Å²) >= 11 is 1.29. The summed E-state index contributed by atoms with van der Waals surface area (Å²) in [5.41, 5.74) is 0. The quantitative estimate of drug-likeness (QED) is 0.849. The molecule has 2 heterocycles. The fourth-order valence-electron chi connectivity index (χ4n) is 2.35. The average Bonchev–Trinajstić information content (AvgIpc) is 2.92. The first-order chi connectivity index (χ1) is 8.55. The molecule has 0 aromatic carbocycles. The lowest BCUT2D eigenvalue weighted by atomic mass is 10.1. The minimum Gasteiger partial charge on any atom is -0.303 e. The van der Waals surface area contributed by atoms with Gasteiger partial charge in [-0.1, -0.05) is 13.0 Å². The molecule has 0 amide bonds. The SMILES string of the molecule is CCN1CCC(N(C)S(=O)(=O)c2cccs2)CC1. The van der Waals surface area contributed by atoms with Crippen LogP contribution in [0, 0.1) is 0 Å². The summed E-state index contributed by atoms with van der Waals surface area (Å²) in [6.45, 7) is 5.18. The van der Waals surface area contributed by atoms with Crippen LogP contribution in [0.4, 0.5) is 0 Å². The van der Waals surface area contributed by atoms with Gasteiger partial charge in [-0.25, -0.2) is 8.42 Å². The van der Waals surface area contributed by atoms with Crippen molar-refractivity contribution in [3.8, 4) is 0 Å². The van der Waals surface area contributed by atoms with Crippen LogP contribution in [0.3, 0.4) is 0 Å². The topological polar surface area (TPSA) is 40.6 Å². The predicted molar refractivity (Wildman–Crippen MR) is 74.4 cm³/mol. The molecule has 0 bridgehead atoms. The zero-order valence-electron chi connectivity index (χ0n) is 10.9. The van der Waals surface area contributed by atoms with E-state index in [0.29, 0.717) is 4.21 Å². The highest BCUT2D eigenvalue weighted by Gasteiger charge is 2.30. The van der Waals surface area contributed by atoms with Crippen molar-refractivity contribution in [1.82, 2.24) is 9.21 Å². The highest BCUT2D eigenvalue weighted by molar-refractivity contribution is 7.91. The normalized spacial score (nSPS) is 19.5. The van der Waals surface area contributed by atoms with Crippen molar-refractivity contribution in [3.05, 3.63) is 17.5 Å². The maximum atomic E-state index is 12.4. The van der Waals surface area contributed by atoms with Crippen molar-refractivity contribution in [2.24, 2.45) is 0 Å². The number of rotatable bonds is 4. The molecular weight excluding hydrogens is 268 g/mol.